The number of hydrogen-bond donors (Lipinski definition) is 0. The summed E-state index contributed by atoms with van der Waals surface area (Å²) in [6.07, 6.45) is 5.59. The van der Waals surface area contributed by atoms with Crippen molar-refractivity contribution < 1.29 is 0 Å². The molecule has 0 fully saturated rings. The largest absolute Gasteiger partial charge is 0.264 e. The molecule has 2 aromatic rings. The van der Waals surface area contributed by atoms with Gasteiger partial charge in [-0.15, -0.1) is 0 Å². The third kappa shape index (κ3) is 3.83. The molecule has 0 unspecified atom stereocenters. The average Bonchev–Trinajstić information content (AvgIpc) is 2.40. The molecule has 3 heteroatoms. The van der Waals surface area contributed by atoms with Crippen LogP contribution in [0.25, 0.3) is 11.1 Å². The summed E-state index contributed by atoms with van der Waals surface area (Å²) in [4.78, 5) is 4.08. The first-order chi connectivity index (χ1) is 9.38. The predicted octanol–water partition coefficient (Wildman–Crippen LogP) is 5.72. The zero-order valence-electron chi connectivity index (χ0n) is 11.8. The fraction of sp³-hybridized carbons (Fsp3) is 0.235. The van der Waals surface area contributed by atoms with Crippen molar-refractivity contribution in [3.05, 3.63) is 63.0 Å². The van der Waals surface area contributed by atoms with E-state index in [2.05, 4.69) is 72.6 Å². The highest BCUT2D eigenvalue weighted by Gasteiger charge is 2.13. The second-order valence-corrected chi connectivity index (χ2v) is 7.29. The molecule has 104 valence electrons. The van der Waals surface area contributed by atoms with Crippen LogP contribution in [0.5, 0.6) is 0 Å². The first kappa shape index (κ1) is 15.5. The fourth-order valence-electron chi connectivity index (χ4n) is 1.85. The van der Waals surface area contributed by atoms with Crippen LogP contribution >= 0.6 is 34.2 Å². The van der Waals surface area contributed by atoms with Crippen molar-refractivity contribution in [1.29, 1.82) is 0 Å². The summed E-state index contributed by atoms with van der Waals surface area (Å²) in [5.74, 6) is 0. The maximum Gasteiger partial charge on any atom is 0.0484 e. The summed E-state index contributed by atoms with van der Waals surface area (Å²) in [7, 11) is 0. The van der Waals surface area contributed by atoms with Crippen LogP contribution in [-0.4, -0.2) is 4.98 Å². The van der Waals surface area contributed by atoms with Gasteiger partial charge >= 0.3 is 0 Å². The van der Waals surface area contributed by atoms with Gasteiger partial charge in [-0.3, -0.25) is 4.98 Å². The Hall–Kier alpha value is -0.870. The minimum absolute atomic E-state index is 0.162. The molecule has 0 saturated carbocycles. The van der Waals surface area contributed by atoms with Gasteiger partial charge in [-0.2, -0.15) is 0 Å². The fourth-order valence-corrected chi connectivity index (χ4v) is 2.59. The van der Waals surface area contributed by atoms with Crippen LogP contribution in [0, 0.1) is 3.57 Å². The van der Waals surface area contributed by atoms with Gasteiger partial charge in [-0.25, -0.2) is 0 Å². The summed E-state index contributed by atoms with van der Waals surface area (Å²) in [5, 5.41) is 0.745. The van der Waals surface area contributed by atoms with Crippen molar-refractivity contribution in [1.82, 2.24) is 4.98 Å². The molecule has 0 aliphatic carbocycles. The molecule has 1 heterocycles. The van der Waals surface area contributed by atoms with Crippen molar-refractivity contribution in [2.45, 2.75) is 26.2 Å². The Morgan fingerprint density at radius 2 is 1.80 bits per heavy atom. The average molecular weight is 398 g/mol. The number of aromatic nitrogens is 1. The Balaban J connectivity index is 2.30. The van der Waals surface area contributed by atoms with Crippen molar-refractivity contribution in [2.75, 3.05) is 0 Å². The second-order valence-electron chi connectivity index (χ2n) is 5.72. The Morgan fingerprint density at radius 3 is 2.35 bits per heavy atom. The Bertz CT molecular complexity index is 624. The van der Waals surface area contributed by atoms with Crippen molar-refractivity contribution in [3.63, 3.8) is 0 Å². The highest BCUT2D eigenvalue weighted by molar-refractivity contribution is 14.1. The molecule has 0 bridgehead atoms. The molecule has 0 aliphatic rings. The smallest absolute Gasteiger partial charge is 0.0484 e. The lowest BCUT2D eigenvalue weighted by molar-refractivity contribution is 0.590. The second kappa shape index (κ2) is 6.27. The number of rotatable bonds is 2. The molecule has 2 rings (SSSR count). The third-order valence-electron chi connectivity index (χ3n) is 3.11. The Kier molecular flexibility index (Phi) is 4.86. The molecule has 0 amide bonds. The molecular formula is C17H17ClIN. The van der Waals surface area contributed by atoms with Crippen LogP contribution in [0.4, 0.5) is 0 Å². The summed E-state index contributed by atoms with van der Waals surface area (Å²) in [6, 6.07) is 10.4. The zero-order valence-corrected chi connectivity index (χ0v) is 14.7. The molecule has 1 aromatic heterocycles. The molecule has 1 aromatic carbocycles. The van der Waals surface area contributed by atoms with E-state index >= 15 is 0 Å². The van der Waals surface area contributed by atoms with Gasteiger partial charge in [0.15, 0.2) is 0 Å². The molecule has 0 radical (unpaired) electrons. The molecular weight excluding hydrogens is 381 g/mol. The number of pyridine rings is 1. The van der Waals surface area contributed by atoms with E-state index in [4.69, 9.17) is 11.6 Å². The minimum atomic E-state index is 0.162. The van der Waals surface area contributed by atoms with E-state index < -0.39 is 0 Å². The van der Waals surface area contributed by atoms with Crippen LogP contribution in [0.1, 0.15) is 37.5 Å². The van der Waals surface area contributed by atoms with Crippen molar-refractivity contribution >= 4 is 45.3 Å². The number of nitrogens with zero attached hydrogens (tertiary/aromatic N) is 1. The molecule has 0 spiro atoms. The molecule has 0 aliphatic heterocycles. The number of halogens is 2. The van der Waals surface area contributed by atoms with E-state index in [1.165, 1.54) is 5.56 Å². The van der Waals surface area contributed by atoms with Crippen LogP contribution < -0.4 is 0 Å². The summed E-state index contributed by atoms with van der Waals surface area (Å²) in [5.41, 5.74) is 3.59. The maximum atomic E-state index is 6.42. The highest BCUT2D eigenvalue weighted by atomic mass is 127. The zero-order chi connectivity index (χ0) is 14.8. The van der Waals surface area contributed by atoms with Crippen LogP contribution in [0.3, 0.4) is 0 Å². The lowest BCUT2D eigenvalue weighted by Crippen LogP contribution is -2.10. The minimum Gasteiger partial charge on any atom is -0.264 e. The van der Waals surface area contributed by atoms with Gasteiger partial charge < -0.3 is 0 Å². The van der Waals surface area contributed by atoms with E-state index in [1.54, 1.807) is 6.20 Å². The lowest BCUT2D eigenvalue weighted by atomic mass is 9.86. The van der Waals surface area contributed by atoms with E-state index in [1.807, 2.05) is 18.3 Å². The Labute approximate surface area is 139 Å². The van der Waals surface area contributed by atoms with E-state index in [0.717, 1.165) is 19.7 Å². The molecule has 0 atom stereocenters. The summed E-state index contributed by atoms with van der Waals surface area (Å²) < 4.78 is 1.09. The van der Waals surface area contributed by atoms with Crippen molar-refractivity contribution in [2.24, 2.45) is 0 Å². The van der Waals surface area contributed by atoms with Gasteiger partial charge in [0.05, 0.1) is 0 Å². The molecule has 0 N–H and O–H groups in total. The third-order valence-corrected chi connectivity index (χ3v) is 4.34. The Morgan fingerprint density at radius 1 is 1.15 bits per heavy atom. The first-order valence-electron chi connectivity index (χ1n) is 6.45. The highest BCUT2D eigenvalue weighted by Crippen LogP contribution is 2.27. The van der Waals surface area contributed by atoms with Gasteiger partial charge in [-0.05, 0) is 56.8 Å². The van der Waals surface area contributed by atoms with Crippen molar-refractivity contribution in [3.8, 4) is 0 Å². The van der Waals surface area contributed by atoms with Crippen LogP contribution in [0.15, 0.2) is 42.7 Å². The number of benzene rings is 1. The molecule has 20 heavy (non-hydrogen) atoms. The van der Waals surface area contributed by atoms with Gasteiger partial charge in [0.25, 0.3) is 0 Å². The van der Waals surface area contributed by atoms with Gasteiger partial charge in [0.2, 0.25) is 0 Å². The monoisotopic (exact) mass is 397 g/mol. The van der Waals surface area contributed by atoms with Crippen LogP contribution in [-0.2, 0) is 5.41 Å². The normalized spacial score (nSPS) is 12.6. The quantitative estimate of drug-likeness (QED) is 0.591. The molecule has 1 nitrogen and oxygen atoms in total. The standard InChI is InChI=1S/C17H17ClIN/c1-17(2,3)14-6-4-12(5-7-14)15(18)10-13-8-9-20-11-16(13)19/h4-11H,1-3H3/b15-10-. The van der Waals surface area contributed by atoms with E-state index in [-0.39, 0.29) is 5.41 Å². The topological polar surface area (TPSA) is 12.9 Å². The summed E-state index contributed by atoms with van der Waals surface area (Å²) >= 11 is 8.68. The van der Waals surface area contributed by atoms with Gasteiger partial charge in [-0.1, -0.05) is 56.6 Å². The SMILES string of the molecule is CC(C)(C)c1ccc(/C(Cl)=C/c2ccncc2I)cc1. The van der Waals surface area contributed by atoms with E-state index in [0.29, 0.717) is 0 Å². The lowest BCUT2D eigenvalue weighted by Gasteiger charge is -2.19. The van der Waals surface area contributed by atoms with Gasteiger partial charge in [0, 0.05) is 21.0 Å². The molecule has 0 saturated heterocycles. The van der Waals surface area contributed by atoms with Gasteiger partial charge in [0.1, 0.15) is 0 Å². The summed E-state index contributed by atoms with van der Waals surface area (Å²) in [6.45, 7) is 6.62. The van der Waals surface area contributed by atoms with Crippen LogP contribution in [0.2, 0.25) is 0 Å². The number of hydrogen-bond acceptors (Lipinski definition) is 1. The maximum absolute atomic E-state index is 6.42. The first-order valence-corrected chi connectivity index (χ1v) is 7.91. The predicted molar refractivity (Wildman–Crippen MR) is 95.8 cm³/mol. The van der Waals surface area contributed by atoms with E-state index in [9.17, 15) is 0 Å².